The number of nitriles is 1. The van der Waals surface area contributed by atoms with Crippen LogP contribution < -0.4 is 15.5 Å². The maximum absolute atomic E-state index is 10.0. The van der Waals surface area contributed by atoms with Crippen molar-refractivity contribution in [1.29, 1.82) is 5.26 Å². The molecule has 0 amide bonds. The molecule has 1 aliphatic heterocycles. The van der Waals surface area contributed by atoms with Gasteiger partial charge in [-0.3, -0.25) is 0 Å². The van der Waals surface area contributed by atoms with Crippen molar-refractivity contribution in [3.63, 3.8) is 0 Å². The number of halogens is 1. The lowest BCUT2D eigenvalue weighted by atomic mass is 10.0. The summed E-state index contributed by atoms with van der Waals surface area (Å²) in [6, 6.07) is 9.68. The van der Waals surface area contributed by atoms with Crippen LogP contribution in [0.25, 0.3) is 5.65 Å². The van der Waals surface area contributed by atoms with Crippen LogP contribution in [0.4, 0.5) is 23.3 Å². The highest BCUT2D eigenvalue weighted by molar-refractivity contribution is 6.32. The summed E-state index contributed by atoms with van der Waals surface area (Å²) in [5.74, 6) is 2.43. The van der Waals surface area contributed by atoms with E-state index in [0.717, 1.165) is 37.4 Å². The van der Waals surface area contributed by atoms with Crippen molar-refractivity contribution in [2.45, 2.75) is 44.8 Å². The molecule has 0 bridgehead atoms. The van der Waals surface area contributed by atoms with Crippen LogP contribution >= 0.6 is 11.6 Å². The molecule has 1 saturated heterocycles. The second-order valence-corrected chi connectivity index (χ2v) is 10.1. The number of aliphatic hydroxyl groups is 1. The number of fused-ring (bicyclic) bond motifs is 1. The fourth-order valence-corrected chi connectivity index (χ4v) is 4.36. The van der Waals surface area contributed by atoms with Gasteiger partial charge in [0, 0.05) is 49.7 Å². The van der Waals surface area contributed by atoms with Gasteiger partial charge in [0.05, 0.1) is 17.4 Å². The van der Waals surface area contributed by atoms with Crippen molar-refractivity contribution in [2.75, 3.05) is 28.6 Å². The van der Waals surface area contributed by atoms with Crippen molar-refractivity contribution in [2.24, 2.45) is 0 Å². The average molecular weight is 519 g/mol. The van der Waals surface area contributed by atoms with Crippen LogP contribution in [0.5, 0.6) is 0 Å². The zero-order valence-electron chi connectivity index (χ0n) is 20.6. The number of rotatable bonds is 7. The number of nitrogens with one attached hydrogen (secondary N) is 2. The molecule has 0 spiro atoms. The van der Waals surface area contributed by atoms with E-state index in [1.807, 2.05) is 18.2 Å². The third-order valence-electron chi connectivity index (χ3n) is 6.01. The largest absolute Gasteiger partial charge is 0.390 e. The van der Waals surface area contributed by atoms with Gasteiger partial charge in [0.2, 0.25) is 5.95 Å². The van der Waals surface area contributed by atoms with Crippen LogP contribution in [-0.4, -0.2) is 59.4 Å². The Morgan fingerprint density at radius 3 is 2.68 bits per heavy atom. The lowest BCUT2D eigenvalue weighted by Crippen LogP contribution is -2.39. The van der Waals surface area contributed by atoms with Crippen LogP contribution in [0, 0.1) is 11.3 Å². The van der Waals surface area contributed by atoms with Gasteiger partial charge in [-0.25, -0.2) is 19.5 Å². The molecule has 1 fully saturated rings. The summed E-state index contributed by atoms with van der Waals surface area (Å²) in [7, 11) is 0. The van der Waals surface area contributed by atoms with Gasteiger partial charge < -0.3 is 20.6 Å². The van der Waals surface area contributed by atoms with E-state index >= 15 is 0 Å². The number of hydrogen-bond donors (Lipinski definition) is 3. The van der Waals surface area contributed by atoms with Gasteiger partial charge in [-0.05, 0) is 44.9 Å². The molecule has 5 heterocycles. The Morgan fingerprint density at radius 1 is 1.16 bits per heavy atom. The molecule has 12 heteroatoms. The first-order chi connectivity index (χ1) is 17.8. The van der Waals surface area contributed by atoms with Crippen LogP contribution in [0.15, 0.2) is 42.9 Å². The molecular weight excluding hydrogens is 492 g/mol. The van der Waals surface area contributed by atoms with Gasteiger partial charge in [0.15, 0.2) is 17.3 Å². The van der Waals surface area contributed by atoms with E-state index < -0.39 is 5.60 Å². The predicted molar refractivity (Wildman–Crippen MR) is 141 cm³/mol. The van der Waals surface area contributed by atoms with Crippen molar-refractivity contribution in [3.8, 4) is 6.07 Å². The van der Waals surface area contributed by atoms with Gasteiger partial charge in [-0.15, -0.1) is 0 Å². The van der Waals surface area contributed by atoms with E-state index in [-0.39, 0.29) is 6.04 Å². The second kappa shape index (κ2) is 10.2. The summed E-state index contributed by atoms with van der Waals surface area (Å²) >= 11 is 6.40. The first-order valence-corrected chi connectivity index (χ1v) is 12.4. The number of nitrogens with zero attached hydrogens (tertiary/aromatic N) is 8. The Bertz CT molecular complexity index is 1430. The number of piperidine rings is 1. The Kier molecular flexibility index (Phi) is 6.78. The molecule has 190 valence electrons. The van der Waals surface area contributed by atoms with Gasteiger partial charge in [0.25, 0.3) is 0 Å². The third-order valence-corrected chi connectivity index (χ3v) is 6.29. The minimum absolute atomic E-state index is 0.205. The lowest BCUT2D eigenvalue weighted by molar-refractivity contribution is 0.0788. The van der Waals surface area contributed by atoms with E-state index in [1.54, 1.807) is 43.0 Å². The molecule has 4 aromatic heterocycles. The molecule has 5 rings (SSSR count). The highest BCUT2D eigenvalue weighted by Crippen LogP contribution is 2.26. The Morgan fingerprint density at radius 2 is 1.97 bits per heavy atom. The molecule has 11 nitrogen and oxygen atoms in total. The van der Waals surface area contributed by atoms with Crippen LogP contribution in [0.2, 0.25) is 5.02 Å². The molecule has 0 unspecified atom stereocenters. The number of anilines is 4. The van der Waals surface area contributed by atoms with Crippen LogP contribution in [0.1, 0.15) is 38.1 Å². The number of hydrogen-bond acceptors (Lipinski definition) is 10. The standard InChI is InChI=1S/C25H27ClN10O/c1-25(2,37)12-20-32-22-11-18(7-10-36(22)34-20)31-24-29-15-19(26)23(33-24)30-17-5-8-35(9-6-17)21-4-3-16(13-27)14-28-21/h3-4,7,10-11,14-15,17,37H,5-6,8-9,12H2,1-2H3,(H2,29,30,31,33). The number of aromatic nitrogens is 6. The predicted octanol–water partition coefficient (Wildman–Crippen LogP) is 3.58. The smallest absolute Gasteiger partial charge is 0.229 e. The zero-order valence-corrected chi connectivity index (χ0v) is 21.3. The molecule has 3 N–H and O–H groups in total. The topological polar surface area (TPSA) is 140 Å². The maximum Gasteiger partial charge on any atom is 0.229 e. The van der Waals surface area contributed by atoms with Crippen molar-refractivity contribution in [1.82, 2.24) is 29.5 Å². The Hall–Kier alpha value is -4.01. The molecule has 37 heavy (non-hydrogen) atoms. The molecule has 4 aromatic rings. The minimum atomic E-state index is -0.885. The SMILES string of the molecule is CC(C)(O)Cc1nc2cc(Nc3ncc(Cl)c(NC4CCN(c5ccc(C#N)cn5)CC4)n3)ccn2n1. The van der Waals surface area contributed by atoms with Gasteiger partial charge >= 0.3 is 0 Å². The zero-order chi connectivity index (χ0) is 26.0. The summed E-state index contributed by atoms with van der Waals surface area (Å²) in [5, 5.41) is 30.5. The normalized spacial score (nSPS) is 14.5. The summed E-state index contributed by atoms with van der Waals surface area (Å²) in [5.41, 5.74) is 1.08. The van der Waals surface area contributed by atoms with E-state index in [4.69, 9.17) is 16.9 Å². The van der Waals surface area contributed by atoms with Gasteiger partial charge in [-0.2, -0.15) is 15.3 Å². The fraction of sp³-hybridized carbons (Fsp3) is 0.360. The van der Waals surface area contributed by atoms with E-state index in [2.05, 4.69) is 46.6 Å². The summed E-state index contributed by atoms with van der Waals surface area (Å²) in [6.45, 7) is 5.12. The first kappa shape index (κ1) is 24.7. The minimum Gasteiger partial charge on any atom is -0.390 e. The molecule has 1 aliphatic rings. The first-order valence-electron chi connectivity index (χ1n) is 12.0. The van der Waals surface area contributed by atoms with E-state index in [9.17, 15) is 5.11 Å². The third kappa shape index (κ3) is 6.04. The second-order valence-electron chi connectivity index (χ2n) is 9.67. The van der Waals surface area contributed by atoms with Crippen molar-refractivity contribution in [3.05, 3.63) is 59.3 Å². The summed E-state index contributed by atoms with van der Waals surface area (Å²) in [6.07, 6.45) is 7.11. The molecule has 0 atom stereocenters. The van der Waals surface area contributed by atoms with Crippen LogP contribution in [-0.2, 0) is 6.42 Å². The van der Waals surface area contributed by atoms with Crippen molar-refractivity contribution >= 4 is 40.5 Å². The summed E-state index contributed by atoms with van der Waals surface area (Å²) in [4.78, 5) is 20.0. The number of pyridine rings is 2. The Balaban J connectivity index is 1.22. The maximum atomic E-state index is 10.0. The van der Waals surface area contributed by atoms with Gasteiger partial charge in [0.1, 0.15) is 16.9 Å². The van der Waals surface area contributed by atoms with Gasteiger partial charge in [-0.1, -0.05) is 11.6 Å². The van der Waals surface area contributed by atoms with E-state index in [1.165, 1.54) is 0 Å². The summed E-state index contributed by atoms with van der Waals surface area (Å²) < 4.78 is 1.67. The highest BCUT2D eigenvalue weighted by Gasteiger charge is 2.22. The fourth-order valence-electron chi connectivity index (χ4n) is 4.21. The molecular formula is C25H27ClN10O. The van der Waals surface area contributed by atoms with Crippen molar-refractivity contribution < 1.29 is 5.11 Å². The lowest BCUT2D eigenvalue weighted by Gasteiger charge is -2.33. The monoisotopic (exact) mass is 518 g/mol. The molecule has 0 aliphatic carbocycles. The highest BCUT2D eigenvalue weighted by atomic mass is 35.5. The van der Waals surface area contributed by atoms with Crippen LogP contribution in [0.3, 0.4) is 0 Å². The molecule has 0 saturated carbocycles. The van der Waals surface area contributed by atoms with E-state index in [0.29, 0.717) is 40.2 Å². The average Bonchev–Trinajstić information content (AvgIpc) is 3.26. The quantitative estimate of drug-likeness (QED) is 0.332. The Labute approximate surface area is 219 Å². The molecule has 0 radical (unpaired) electrons. The molecule has 0 aromatic carbocycles.